The first-order chi connectivity index (χ1) is 17.1. The van der Waals surface area contributed by atoms with Crippen LogP contribution in [-0.4, -0.2) is 69.1 Å². The third-order valence-electron chi connectivity index (χ3n) is 7.91. The van der Waals surface area contributed by atoms with Crippen molar-refractivity contribution in [1.82, 2.24) is 4.90 Å². The van der Waals surface area contributed by atoms with Gasteiger partial charge in [-0.15, -0.1) is 11.8 Å². The lowest BCUT2D eigenvalue weighted by molar-refractivity contribution is -0.154. The average molecular weight is 531 g/mol. The van der Waals surface area contributed by atoms with E-state index < -0.39 is 39.4 Å². The summed E-state index contributed by atoms with van der Waals surface area (Å²) in [5, 5.41) is 10.9. The minimum absolute atomic E-state index is 0.0978. The Hall–Kier alpha value is -2.29. The average Bonchev–Trinajstić information content (AvgIpc) is 3.14. The van der Waals surface area contributed by atoms with Crippen LogP contribution in [0, 0.1) is 17.8 Å². The van der Waals surface area contributed by atoms with Crippen LogP contribution in [-0.2, 0) is 19.1 Å². The number of thioether (sulfide) groups is 1. The van der Waals surface area contributed by atoms with E-state index in [1.165, 1.54) is 11.8 Å². The SMILES string of the molecule is CC(C)[C@H](CO)N1C(=O)[C@@H]2[C@@H]3C(=O)OCCC=C[C@]3(C)S[C@@]23C=CCN(c2ccc(Cl)cc2)C(=O)C13. The first-order valence-corrected chi connectivity index (χ1v) is 13.6. The van der Waals surface area contributed by atoms with Crippen molar-refractivity contribution >= 4 is 46.8 Å². The first-order valence-electron chi connectivity index (χ1n) is 12.4. The molecule has 0 aliphatic carbocycles. The predicted octanol–water partition coefficient (Wildman–Crippen LogP) is 3.45. The summed E-state index contributed by atoms with van der Waals surface area (Å²) in [7, 11) is 0. The summed E-state index contributed by atoms with van der Waals surface area (Å²) in [6.45, 7) is 6.11. The molecular formula is C27H31ClN2O5S. The number of cyclic esters (lactones) is 1. The standard InChI is InChI=1S/C27H31ClN2O5S/c1-16(2)19(15-31)30-22-24(33)29(18-9-7-17(28)8-10-18)13-6-12-27(22)20(23(30)32)21-25(34)35-14-5-4-11-26(21,3)36-27/h4,6-12,16,19-22,31H,5,13-15H2,1-3H3/t19-,20-,21+,22?,26-,27-/m0/s1. The summed E-state index contributed by atoms with van der Waals surface area (Å²) in [6.07, 6.45) is 8.49. The fourth-order valence-corrected chi connectivity index (χ4v) is 8.52. The van der Waals surface area contributed by atoms with E-state index in [1.807, 2.05) is 45.1 Å². The highest BCUT2D eigenvalue weighted by atomic mass is 35.5. The number of ether oxygens (including phenoxy) is 1. The Bertz CT molecular complexity index is 1140. The molecule has 0 bridgehead atoms. The van der Waals surface area contributed by atoms with Crippen molar-refractivity contribution in [2.45, 2.75) is 48.8 Å². The quantitative estimate of drug-likeness (QED) is 0.474. The molecular weight excluding hydrogens is 500 g/mol. The zero-order valence-electron chi connectivity index (χ0n) is 20.6. The number of benzene rings is 1. The van der Waals surface area contributed by atoms with Gasteiger partial charge in [-0.2, -0.15) is 0 Å². The van der Waals surface area contributed by atoms with Crippen molar-refractivity contribution in [2.75, 3.05) is 24.7 Å². The van der Waals surface area contributed by atoms with E-state index in [0.29, 0.717) is 23.7 Å². The summed E-state index contributed by atoms with van der Waals surface area (Å²) < 4.78 is 3.87. The first kappa shape index (κ1) is 25.4. The second-order valence-electron chi connectivity index (χ2n) is 10.4. The largest absolute Gasteiger partial charge is 0.465 e. The molecule has 4 aliphatic heterocycles. The van der Waals surface area contributed by atoms with E-state index in [2.05, 4.69) is 0 Å². The molecule has 0 radical (unpaired) electrons. The Morgan fingerprint density at radius 3 is 2.50 bits per heavy atom. The van der Waals surface area contributed by atoms with Crippen molar-refractivity contribution in [2.24, 2.45) is 17.8 Å². The van der Waals surface area contributed by atoms with Crippen LogP contribution in [0.1, 0.15) is 27.2 Å². The topological polar surface area (TPSA) is 87.2 Å². The Balaban J connectivity index is 1.69. The fourth-order valence-electron chi connectivity index (χ4n) is 6.26. The molecule has 0 aromatic heterocycles. The van der Waals surface area contributed by atoms with Crippen molar-refractivity contribution < 1.29 is 24.2 Å². The Morgan fingerprint density at radius 2 is 1.83 bits per heavy atom. The van der Waals surface area contributed by atoms with E-state index in [-0.39, 0.29) is 30.9 Å². The summed E-state index contributed by atoms with van der Waals surface area (Å²) in [6, 6.07) is 5.57. The molecule has 2 fully saturated rings. The second-order valence-corrected chi connectivity index (χ2v) is 12.7. The molecule has 7 nitrogen and oxygen atoms in total. The Labute approximate surface area is 220 Å². The van der Waals surface area contributed by atoms with Gasteiger partial charge in [-0.1, -0.05) is 49.8 Å². The summed E-state index contributed by atoms with van der Waals surface area (Å²) >= 11 is 7.59. The number of fused-ring (bicyclic) bond motifs is 2. The van der Waals surface area contributed by atoms with Gasteiger partial charge in [0.1, 0.15) is 6.04 Å². The maximum Gasteiger partial charge on any atom is 0.311 e. The van der Waals surface area contributed by atoms with E-state index in [4.69, 9.17) is 16.3 Å². The van der Waals surface area contributed by atoms with Crippen LogP contribution in [0.5, 0.6) is 0 Å². The third kappa shape index (κ3) is 3.72. The molecule has 5 rings (SSSR count). The Kier molecular flexibility index (Phi) is 6.50. The van der Waals surface area contributed by atoms with E-state index in [9.17, 15) is 19.5 Å². The van der Waals surface area contributed by atoms with E-state index in [0.717, 1.165) is 0 Å². The number of aliphatic hydroxyl groups excluding tert-OH is 1. The van der Waals surface area contributed by atoms with Gasteiger partial charge in [0.2, 0.25) is 5.91 Å². The number of aliphatic hydroxyl groups is 1. The van der Waals surface area contributed by atoms with Crippen LogP contribution in [0.3, 0.4) is 0 Å². The van der Waals surface area contributed by atoms with E-state index in [1.54, 1.807) is 34.1 Å². The van der Waals surface area contributed by atoms with E-state index >= 15 is 0 Å². The molecule has 6 atom stereocenters. The lowest BCUT2D eigenvalue weighted by Crippen LogP contribution is -2.58. The Morgan fingerprint density at radius 1 is 1.11 bits per heavy atom. The van der Waals surface area contributed by atoms with Crippen LogP contribution in [0.2, 0.25) is 5.02 Å². The zero-order valence-corrected chi connectivity index (χ0v) is 22.2. The number of carbonyl (C=O) groups excluding carboxylic acids is 3. The van der Waals surface area contributed by atoms with Crippen molar-refractivity contribution in [3.8, 4) is 0 Å². The van der Waals surface area contributed by atoms with Gasteiger partial charge in [0, 0.05) is 22.0 Å². The van der Waals surface area contributed by atoms with Crippen LogP contribution < -0.4 is 4.90 Å². The lowest BCUT2D eigenvalue weighted by atomic mass is 9.74. The summed E-state index contributed by atoms with van der Waals surface area (Å²) in [5.41, 5.74) is 0.673. The molecule has 1 unspecified atom stereocenters. The van der Waals surface area contributed by atoms with Gasteiger partial charge in [0.05, 0.1) is 35.8 Å². The van der Waals surface area contributed by atoms with Gasteiger partial charge in [-0.05, 0) is 43.5 Å². The second kappa shape index (κ2) is 9.23. The number of esters is 1. The lowest BCUT2D eigenvalue weighted by Gasteiger charge is -2.41. The number of carbonyl (C=O) groups is 3. The summed E-state index contributed by atoms with van der Waals surface area (Å²) in [4.78, 5) is 45.3. The van der Waals surface area contributed by atoms with Gasteiger partial charge in [0.25, 0.3) is 5.91 Å². The molecule has 0 saturated carbocycles. The summed E-state index contributed by atoms with van der Waals surface area (Å²) in [5.74, 6) is -2.55. The maximum atomic E-state index is 14.4. The molecule has 4 heterocycles. The predicted molar refractivity (Wildman–Crippen MR) is 140 cm³/mol. The van der Waals surface area contributed by atoms with Crippen LogP contribution >= 0.6 is 23.4 Å². The minimum atomic E-state index is -0.981. The van der Waals surface area contributed by atoms with Crippen LogP contribution in [0.25, 0.3) is 0 Å². The highest BCUT2D eigenvalue weighted by Gasteiger charge is 2.74. The molecule has 2 amide bonds. The smallest absolute Gasteiger partial charge is 0.311 e. The number of anilines is 1. The number of hydrogen-bond donors (Lipinski definition) is 1. The van der Waals surface area contributed by atoms with Crippen molar-refractivity contribution in [1.29, 1.82) is 0 Å². The number of likely N-dealkylation sites (tertiary alicyclic amines) is 1. The zero-order chi connectivity index (χ0) is 25.8. The molecule has 4 aliphatic rings. The van der Waals surface area contributed by atoms with Gasteiger partial charge in [-0.25, -0.2) is 0 Å². The fraction of sp³-hybridized carbons (Fsp3) is 0.519. The van der Waals surface area contributed by atoms with Gasteiger partial charge >= 0.3 is 5.97 Å². The molecule has 192 valence electrons. The number of hydrogen-bond acceptors (Lipinski definition) is 6. The number of rotatable bonds is 4. The molecule has 2 saturated heterocycles. The van der Waals surface area contributed by atoms with Crippen LogP contribution in [0.4, 0.5) is 5.69 Å². The molecule has 1 aromatic rings. The van der Waals surface area contributed by atoms with Crippen LogP contribution in [0.15, 0.2) is 48.6 Å². The number of nitrogens with zero attached hydrogens (tertiary/aromatic N) is 2. The molecule has 36 heavy (non-hydrogen) atoms. The number of amides is 2. The normalized spacial score (nSPS) is 34.6. The molecule has 1 spiro atoms. The van der Waals surface area contributed by atoms with Gasteiger partial charge in [0.15, 0.2) is 0 Å². The maximum absolute atomic E-state index is 14.4. The van der Waals surface area contributed by atoms with Crippen molar-refractivity contribution in [3.63, 3.8) is 0 Å². The van der Waals surface area contributed by atoms with Gasteiger partial charge < -0.3 is 19.6 Å². The third-order valence-corrected chi connectivity index (χ3v) is 9.96. The molecule has 9 heteroatoms. The van der Waals surface area contributed by atoms with Gasteiger partial charge in [-0.3, -0.25) is 14.4 Å². The molecule has 1 N–H and O–H groups in total. The minimum Gasteiger partial charge on any atom is -0.465 e. The molecule has 1 aromatic carbocycles. The number of halogens is 1. The monoisotopic (exact) mass is 530 g/mol. The van der Waals surface area contributed by atoms with Crippen molar-refractivity contribution in [3.05, 3.63) is 53.6 Å². The highest BCUT2D eigenvalue weighted by Crippen LogP contribution is 2.65. The highest BCUT2D eigenvalue weighted by molar-refractivity contribution is 8.02.